The number of nitrogens with one attached hydrogen (secondary N) is 1. The topological polar surface area (TPSA) is 15.3 Å². The van der Waals surface area contributed by atoms with Gasteiger partial charge in [-0.2, -0.15) is 0 Å². The number of hydrogen-bond donors (Lipinski definition) is 1. The molecule has 4 bridgehead atoms. The van der Waals surface area contributed by atoms with Crippen LogP contribution in [0.25, 0.3) is 0 Å². The van der Waals surface area contributed by atoms with E-state index in [4.69, 9.17) is 0 Å². The van der Waals surface area contributed by atoms with Crippen molar-refractivity contribution in [3.05, 3.63) is 0 Å². The van der Waals surface area contributed by atoms with Gasteiger partial charge in [-0.05, 0) is 95.1 Å². The average Bonchev–Trinajstić information content (AvgIpc) is 2.61. The van der Waals surface area contributed by atoms with Crippen LogP contribution in [-0.2, 0) is 0 Å². The second-order valence-corrected chi connectivity index (χ2v) is 8.66. The molecule has 0 aromatic rings. The third-order valence-electron chi connectivity index (χ3n) is 7.14. The molecule has 20 heavy (non-hydrogen) atoms. The normalized spacial score (nSPS) is 50.1. The lowest BCUT2D eigenvalue weighted by Crippen LogP contribution is -2.56. The molecule has 2 nitrogen and oxygen atoms in total. The average molecular weight is 276 g/mol. The molecule has 5 aliphatic rings. The standard InChI is InChI=1S/C18H32N2/c1-13-12-20(5-3-4-19-13)14(2)18-9-15-6-16(10-18)8-17(7-15)11-18/h13-17,19H,3-12H2,1-2H3. The summed E-state index contributed by atoms with van der Waals surface area (Å²) in [5, 5.41) is 3.66. The Balaban J connectivity index is 1.53. The van der Waals surface area contributed by atoms with E-state index in [0.29, 0.717) is 11.5 Å². The number of hydrogen-bond acceptors (Lipinski definition) is 2. The van der Waals surface area contributed by atoms with E-state index < -0.39 is 0 Å². The van der Waals surface area contributed by atoms with Crippen LogP contribution in [0.15, 0.2) is 0 Å². The Morgan fingerprint density at radius 2 is 1.65 bits per heavy atom. The maximum Gasteiger partial charge on any atom is 0.0166 e. The summed E-state index contributed by atoms with van der Waals surface area (Å²) in [7, 11) is 0. The van der Waals surface area contributed by atoms with E-state index in [0.717, 1.165) is 23.8 Å². The van der Waals surface area contributed by atoms with Crippen molar-refractivity contribution in [2.75, 3.05) is 19.6 Å². The third-order valence-corrected chi connectivity index (χ3v) is 7.14. The highest BCUT2D eigenvalue weighted by Crippen LogP contribution is 2.61. The van der Waals surface area contributed by atoms with E-state index >= 15 is 0 Å². The van der Waals surface area contributed by atoms with Gasteiger partial charge in [0.2, 0.25) is 0 Å². The summed E-state index contributed by atoms with van der Waals surface area (Å²) >= 11 is 0. The van der Waals surface area contributed by atoms with Crippen molar-refractivity contribution in [1.82, 2.24) is 10.2 Å². The quantitative estimate of drug-likeness (QED) is 0.832. The Bertz CT molecular complexity index is 329. The molecule has 0 aromatic heterocycles. The van der Waals surface area contributed by atoms with Gasteiger partial charge in [0, 0.05) is 18.6 Å². The van der Waals surface area contributed by atoms with Crippen molar-refractivity contribution in [3.8, 4) is 0 Å². The smallest absolute Gasteiger partial charge is 0.0166 e. The van der Waals surface area contributed by atoms with Crippen molar-refractivity contribution in [1.29, 1.82) is 0 Å². The van der Waals surface area contributed by atoms with E-state index in [2.05, 4.69) is 24.1 Å². The van der Waals surface area contributed by atoms with Crippen LogP contribution in [0.5, 0.6) is 0 Å². The summed E-state index contributed by atoms with van der Waals surface area (Å²) in [6.45, 7) is 8.74. The van der Waals surface area contributed by atoms with Crippen molar-refractivity contribution in [2.24, 2.45) is 23.2 Å². The van der Waals surface area contributed by atoms with E-state index in [1.54, 1.807) is 38.5 Å². The maximum absolute atomic E-state index is 3.66. The minimum atomic E-state index is 0.675. The molecule has 2 unspecified atom stereocenters. The van der Waals surface area contributed by atoms with E-state index in [1.165, 1.54) is 26.1 Å². The Morgan fingerprint density at radius 3 is 2.25 bits per heavy atom. The van der Waals surface area contributed by atoms with Crippen LogP contribution in [0.2, 0.25) is 0 Å². The molecule has 1 heterocycles. The van der Waals surface area contributed by atoms with E-state index in [-0.39, 0.29) is 0 Å². The number of rotatable bonds is 2. The summed E-state index contributed by atoms with van der Waals surface area (Å²) < 4.78 is 0. The molecular weight excluding hydrogens is 244 g/mol. The van der Waals surface area contributed by atoms with Crippen molar-refractivity contribution in [2.45, 2.75) is 70.9 Å². The molecule has 2 atom stereocenters. The van der Waals surface area contributed by atoms with Crippen LogP contribution >= 0.6 is 0 Å². The first-order valence-electron chi connectivity index (χ1n) is 9.12. The maximum atomic E-state index is 3.66. The van der Waals surface area contributed by atoms with Gasteiger partial charge in [0.15, 0.2) is 0 Å². The molecular formula is C18H32N2. The minimum Gasteiger partial charge on any atom is -0.313 e. The van der Waals surface area contributed by atoms with Gasteiger partial charge in [-0.25, -0.2) is 0 Å². The molecule has 5 rings (SSSR count). The van der Waals surface area contributed by atoms with E-state index in [9.17, 15) is 0 Å². The fourth-order valence-electron chi connectivity index (χ4n) is 6.57. The molecule has 0 radical (unpaired) electrons. The second kappa shape index (κ2) is 4.98. The SMILES string of the molecule is CC1CN(C(C)C23CC4CC(CC(C4)C2)C3)CCCN1. The lowest BCUT2D eigenvalue weighted by atomic mass is 9.47. The summed E-state index contributed by atoms with van der Waals surface area (Å²) in [5.74, 6) is 3.27. The third kappa shape index (κ3) is 2.23. The molecule has 0 aromatic carbocycles. The summed E-state index contributed by atoms with van der Waals surface area (Å²) in [5.41, 5.74) is 0.693. The summed E-state index contributed by atoms with van der Waals surface area (Å²) in [4.78, 5) is 2.85. The zero-order valence-electron chi connectivity index (χ0n) is 13.4. The predicted octanol–water partition coefficient (Wildman–Crippen LogP) is 3.28. The highest BCUT2D eigenvalue weighted by molar-refractivity contribution is 5.05. The van der Waals surface area contributed by atoms with Crippen LogP contribution in [0.4, 0.5) is 0 Å². The van der Waals surface area contributed by atoms with Gasteiger partial charge in [0.1, 0.15) is 0 Å². The second-order valence-electron chi connectivity index (χ2n) is 8.66. The van der Waals surface area contributed by atoms with Crippen LogP contribution < -0.4 is 5.32 Å². The Kier molecular flexibility index (Phi) is 3.38. The van der Waals surface area contributed by atoms with Crippen LogP contribution in [0.3, 0.4) is 0 Å². The van der Waals surface area contributed by atoms with Crippen molar-refractivity contribution in [3.63, 3.8) is 0 Å². The van der Waals surface area contributed by atoms with Gasteiger partial charge in [-0.15, -0.1) is 0 Å². The molecule has 0 spiro atoms. The first kappa shape index (κ1) is 13.6. The highest BCUT2D eigenvalue weighted by Gasteiger charge is 2.54. The molecule has 1 N–H and O–H groups in total. The van der Waals surface area contributed by atoms with Crippen molar-refractivity contribution < 1.29 is 0 Å². The lowest BCUT2D eigenvalue weighted by Gasteiger charge is -2.60. The van der Waals surface area contributed by atoms with Crippen molar-refractivity contribution >= 4 is 0 Å². The van der Waals surface area contributed by atoms with Crippen LogP contribution in [0.1, 0.15) is 58.8 Å². The van der Waals surface area contributed by atoms with E-state index in [1.807, 2.05) is 0 Å². The first-order valence-corrected chi connectivity index (χ1v) is 9.12. The fourth-order valence-corrected chi connectivity index (χ4v) is 6.57. The zero-order valence-corrected chi connectivity index (χ0v) is 13.4. The molecule has 5 fully saturated rings. The largest absolute Gasteiger partial charge is 0.313 e. The molecule has 4 aliphatic carbocycles. The molecule has 2 heteroatoms. The molecule has 0 amide bonds. The predicted molar refractivity (Wildman–Crippen MR) is 83.7 cm³/mol. The van der Waals surface area contributed by atoms with Crippen LogP contribution in [-0.4, -0.2) is 36.6 Å². The fraction of sp³-hybridized carbons (Fsp3) is 1.00. The van der Waals surface area contributed by atoms with Gasteiger partial charge >= 0.3 is 0 Å². The Labute approximate surface area is 124 Å². The summed E-state index contributed by atoms with van der Waals surface area (Å²) in [6.07, 6.45) is 10.7. The van der Waals surface area contributed by atoms with Gasteiger partial charge in [0.05, 0.1) is 0 Å². The molecule has 1 aliphatic heterocycles. The molecule has 4 saturated carbocycles. The van der Waals surface area contributed by atoms with Gasteiger partial charge in [-0.1, -0.05) is 0 Å². The number of nitrogens with zero attached hydrogens (tertiary/aromatic N) is 1. The van der Waals surface area contributed by atoms with Gasteiger partial charge < -0.3 is 5.32 Å². The monoisotopic (exact) mass is 276 g/mol. The molecule has 1 saturated heterocycles. The van der Waals surface area contributed by atoms with Crippen LogP contribution in [0, 0.1) is 23.2 Å². The minimum absolute atomic E-state index is 0.675. The van der Waals surface area contributed by atoms with Gasteiger partial charge in [-0.3, -0.25) is 4.90 Å². The zero-order chi connectivity index (χ0) is 13.7. The Hall–Kier alpha value is -0.0800. The first-order chi connectivity index (χ1) is 9.64. The lowest BCUT2D eigenvalue weighted by molar-refractivity contribution is -0.0965. The summed E-state index contributed by atoms with van der Waals surface area (Å²) in [6, 6.07) is 1.49. The van der Waals surface area contributed by atoms with Gasteiger partial charge in [0.25, 0.3) is 0 Å². The molecule has 114 valence electrons. The highest BCUT2D eigenvalue weighted by atomic mass is 15.2. The Morgan fingerprint density at radius 1 is 1.05 bits per heavy atom.